The van der Waals surface area contributed by atoms with Crippen LogP contribution in [0, 0.1) is 10.1 Å². The third-order valence-corrected chi connectivity index (χ3v) is 3.76. The minimum Gasteiger partial charge on any atom is -0.482 e. The van der Waals surface area contributed by atoms with Crippen molar-refractivity contribution >= 4 is 23.3 Å². The summed E-state index contributed by atoms with van der Waals surface area (Å²) in [6.07, 6.45) is -9.72. The lowest BCUT2D eigenvalue weighted by Crippen LogP contribution is -2.21. The van der Waals surface area contributed by atoms with E-state index in [0.717, 1.165) is 19.2 Å². The van der Waals surface area contributed by atoms with Gasteiger partial charge in [-0.2, -0.15) is 26.3 Å². The van der Waals surface area contributed by atoms with Crippen LogP contribution in [0.2, 0.25) is 0 Å². The smallest absolute Gasteiger partial charge is 0.422 e. The van der Waals surface area contributed by atoms with Crippen LogP contribution in [0.25, 0.3) is 0 Å². The van der Waals surface area contributed by atoms with Crippen molar-refractivity contribution in [3.05, 3.63) is 63.2 Å². The third-order valence-electron chi connectivity index (χ3n) is 3.76. The number of esters is 1. The van der Waals surface area contributed by atoms with Crippen molar-refractivity contribution in [2.45, 2.75) is 12.4 Å². The number of alkyl halides is 6. The Morgan fingerprint density at radius 2 is 1.66 bits per heavy atom. The number of nitrogens with one attached hydrogen (secondary N) is 1. The van der Waals surface area contributed by atoms with Crippen LogP contribution in [0.4, 0.5) is 37.7 Å². The lowest BCUT2D eigenvalue weighted by molar-refractivity contribution is -0.384. The van der Waals surface area contributed by atoms with E-state index in [-0.39, 0.29) is 0 Å². The highest BCUT2D eigenvalue weighted by Gasteiger charge is 2.33. The SMILES string of the molecule is COC(=O)c1cc(C(=O)Nc2cc(C(F)(F)F)ccc2OCC(F)(F)F)cc([N+](=O)[O-])c1. The Kier molecular flexibility index (Phi) is 6.96. The zero-order valence-corrected chi connectivity index (χ0v) is 15.8. The first-order valence-electron chi connectivity index (χ1n) is 8.31. The highest BCUT2D eigenvalue weighted by molar-refractivity contribution is 6.07. The molecule has 172 valence electrons. The van der Waals surface area contributed by atoms with Gasteiger partial charge in [0.05, 0.1) is 28.8 Å². The predicted molar refractivity (Wildman–Crippen MR) is 95.4 cm³/mol. The van der Waals surface area contributed by atoms with Gasteiger partial charge in [0, 0.05) is 17.7 Å². The van der Waals surface area contributed by atoms with Gasteiger partial charge in [-0.25, -0.2) is 4.79 Å². The number of benzene rings is 2. The van der Waals surface area contributed by atoms with Gasteiger partial charge in [-0.3, -0.25) is 14.9 Å². The molecule has 0 bridgehead atoms. The second kappa shape index (κ2) is 9.11. The molecule has 32 heavy (non-hydrogen) atoms. The minimum atomic E-state index is -4.90. The number of methoxy groups -OCH3 is 1. The Balaban J connectivity index is 2.47. The molecule has 1 N–H and O–H groups in total. The van der Waals surface area contributed by atoms with Gasteiger partial charge in [0.2, 0.25) is 0 Å². The molecule has 0 saturated carbocycles. The number of carbonyl (C=O) groups is 2. The average Bonchev–Trinajstić information content (AvgIpc) is 2.70. The molecular weight excluding hydrogens is 454 g/mol. The summed E-state index contributed by atoms with van der Waals surface area (Å²) < 4.78 is 85.2. The summed E-state index contributed by atoms with van der Waals surface area (Å²) >= 11 is 0. The molecule has 0 aliphatic rings. The molecule has 0 fully saturated rings. The highest BCUT2D eigenvalue weighted by Crippen LogP contribution is 2.36. The first-order chi connectivity index (χ1) is 14.7. The van der Waals surface area contributed by atoms with Crippen molar-refractivity contribution in [2.75, 3.05) is 19.0 Å². The number of ether oxygens (including phenoxy) is 2. The maximum Gasteiger partial charge on any atom is 0.422 e. The van der Waals surface area contributed by atoms with E-state index in [1.165, 1.54) is 0 Å². The minimum absolute atomic E-state index is 0.335. The van der Waals surface area contributed by atoms with Crippen molar-refractivity contribution in [3.63, 3.8) is 0 Å². The number of hydrogen-bond acceptors (Lipinski definition) is 6. The molecule has 0 aromatic heterocycles. The lowest BCUT2D eigenvalue weighted by atomic mass is 10.1. The standard InChI is InChI=1S/C18H12F6N2O6/c1-31-16(28)10-4-9(5-12(6-10)26(29)30)15(27)25-13-7-11(18(22,23)24)2-3-14(13)32-8-17(19,20)21/h2-7H,8H2,1H3,(H,25,27). The molecule has 2 rings (SSSR count). The molecule has 8 nitrogen and oxygen atoms in total. The Bertz CT molecular complexity index is 1050. The van der Waals surface area contributed by atoms with Crippen LogP contribution in [0.3, 0.4) is 0 Å². The van der Waals surface area contributed by atoms with Crippen LogP contribution < -0.4 is 10.1 Å². The fourth-order valence-corrected chi connectivity index (χ4v) is 2.37. The van der Waals surface area contributed by atoms with Crippen LogP contribution in [0.5, 0.6) is 5.75 Å². The molecule has 0 aliphatic heterocycles. The Labute approximate surface area is 174 Å². The molecule has 0 radical (unpaired) electrons. The topological polar surface area (TPSA) is 108 Å². The number of carbonyl (C=O) groups excluding carboxylic acids is 2. The van der Waals surface area contributed by atoms with Gasteiger partial charge in [-0.15, -0.1) is 0 Å². The summed E-state index contributed by atoms with van der Waals surface area (Å²) in [4.78, 5) is 34.3. The van der Waals surface area contributed by atoms with Crippen molar-refractivity contribution in [1.29, 1.82) is 0 Å². The number of hydrogen-bond donors (Lipinski definition) is 1. The molecule has 0 atom stereocenters. The van der Waals surface area contributed by atoms with Gasteiger partial charge in [-0.05, 0) is 24.3 Å². The summed E-state index contributed by atoms with van der Waals surface area (Å²) in [5.41, 5.74) is -3.75. The molecule has 2 aromatic rings. The number of nitro groups is 1. The van der Waals surface area contributed by atoms with E-state index in [9.17, 15) is 46.0 Å². The molecule has 2 aromatic carbocycles. The summed E-state index contributed by atoms with van der Waals surface area (Å²) in [6.45, 7) is -1.86. The van der Waals surface area contributed by atoms with E-state index < -0.39 is 69.6 Å². The van der Waals surface area contributed by atoms with Gasteiger partial charge in [-0.1, -0.05) is 0 Å². The molecular formula is C18H12F6N2O6. The molecule has 0 heterocycles. The van der Waals surface area contributed by atoms with Crippen molar-refractivity contribution in [1.82, 2.24) is 0 Å². The quantitative estimate of drug-likeness (QED) is 0.289. The first kappa shape index (κ1) is 24.4. The normalized spacial score (nSPS) is 11.6. The van der Waals surface area contributed by atoms with Gasteiger partial charge in [0.15, 0.2) is 6.61 Å². The summed E-state index contributed by atoms with van der Waals surface area (Å²) in [6, 6.07) is 3.73. The van der Waals surface area contributed by atoms with Crippen molar-refractivity contribution in [3.8, 4) is 5.75 Å². The van der Waals surface area contributed by atoms with Crippen LogP contribution in [0.15, 0.2) is 36.4 Å². The Morgan fingerprint density at radius 1 is 1.03 bits per heavy atom. The number of nitrogens with zero attached hydrogens (tertiary/aromatic N) is 1. The van der Waals surface area contributed by atoms with Gasteiger partial charge in [0.25, 0.3) is 11.6 Å². The zero-order chi connectivity index (χ0) is 24.3. The van der Waals surface area contributed by atoms with E-state index in [1.807, 2.05) is 5.32 Å². The molecule has 0 aliphatic carbocycles. The zero-order valence-electron chi connectivity index (χ0n) is 15.8. The summed E-state index contributed by atoms with van der Waals surface area (Å²) in [7, 11) is 0.966. The molecule has 1 amide bonds. The van der Waals surface area contributed by atoms with E-state index >= 15 is 0 Å². The van der Waals surface area contributed by atoms with E-state index in [1.54, 1.807) is 0 Å². The van der Waals surface area contributed by atoms with E-state index in [2.05, 4.69) is 9.47 Å². The number of amides is 1. The Hall–Kier alpha value is -3.84. The molecule has 0 saturated heterocycles. The predicted octanol–water partition coefficient (Wildman–Crippen LogP) is 4.59. The van der Waals surface area contributed by atoms with E-state index in [4.69, 9.17) is 0 Å². The number of anilines is 1. The van der Waals surface area contributed by atoms with Crippen LogP contribution >= 0.6 is 0 Å². The summed E-state index contributed by atoms with van der Waals surface area (Å²) in [5, 5.41) is 13.0. The fraction of sp³-hybridized carbons (Fsp3) is 0.222. The van der Waals surface area contributed by atoms with Crippen LogP contribution in [0.1, 0.15) is 26.3 Å². The number of rotatable bonds is 6. The molecule has 14 heteroatoms. The van der Waals surface area contributed by atoms with Gasteiger partial charge in [0.1, 0.15) is 5.75 Å². The number of halogens is 6. The second-order valence-corrected chi connectivity index (χ2v) is 6.08. The van der Waals surface area contributed by atoms with Crippen molar-refractivity contribution < 1.29 is 50.3 Å². The van der Waals surface area contributed by atoms with Gasteiger partial charge < -0.3 is 14.8 Å². The largest absolute Gasteiger partial charge is 0.482 e. The molecule has 0 unspecified atom stereocenters. The molecule has 0 spiro atoms. The summed E-state index contributed by atoms with van der Waals surface area (Å²) in [5.74, 6) is -3.03. The Morgan fingerprint density at radius 3 is 2.19 bits per heavy atom. The lowest BCUT2D eigenvalue weighted by Gasteiger charge is -2.16. The second-order valence-electron chi connectivity index (χ2n) is 6.08. The average molecular weight is 466 g/mol. The number of non-ortho nitro benzene ring substituents is 1. The van der Waals surface area contributed by atoms with Crippen molar-refractivity contribution in [2.24, 2.45) is 0 Å². The fourth-order valence-electron chi connectivity index (χ4n) is 2.37. The van der Waals surface area contributed by atoms with Crippen LogP contribution in [-0.4, -0.2) is 36.7 Å². The highest BCUT2D eigenvalue weighted by atomic mass is 19.4. The maximum atomic E-state index is 13.0. The van der Waals surface area contributed by atoms with E-state index in [0.29, 0.717) is 24.3 Å². The maximum absolute atomic E-state index is 13.0. The third kappa shape index (κ3) is 6.33. The van der Waals surface area contributed by atoms with Crippen LogP contribution in [-0.2, 0) is 10.9 Å². The number of nitro benzene ring substituents is 1. The monoisotopic (exact) mass is 466 g/mol. The first-order valence-corrected chi connectivity index (χ1v) is 8.31. The van der Waals surface area contributed by atoms with Gasteiger partial charge >= 0.3 is 18.3 Å².